The van der Waals surface area contributed by atoms with Crippen molar-refractivity contribution in [1.82, 2.24) is 25.2 Å². The van der Waals surface area contributed by atoms with Gasteiger partial charge in [-0.05, 0) is 63.3 Å². The number of hydrogen-bond donors (Lipinski definition) is 1. The number of amides is 2. The zero-order chi connectivity index (χ0) is 24.2. The molecule has 0 bridgehead atoms. The van der Waals surface area contributed by atoms with E-state index in [0.717, 1.165) is 16.8 Å². The molecule has 1 fully saturated rings. The third kappa shape index (κ3) is 5.16. The highest BCUT2D eigenvalue weighted by molar-refractivity contribution is 5.93. The minimum absolute atomic E-state index is 0.0413. The Morgan fingerprint density at radius 2 is 1.79 bits per heavy atom. The van der Waals surface area contributed by atoms with E-state index >= 15 is 0 Å². The molecule has 1 saturated heterocycles. The van der Waals surface area contributed by atoms with Crippen molar-refractivity contribution in [2.24, 2.45) is 5.92 Å². The maximum Gasteiger partial charge on any atom is 0.276 e. The van der Waals surface area contributed by atoms with Crippen LogP contribution < -0.4 is 5.32 Å². The van der Waals surface area contributed by atoms with Gasteiger partial charge in [0.25, 0.3) is 5.91 Å². The van der Waals surface area contributed by atoms with E-state index < -0.39 is 0 Å². The van der Waals surface area contributed by atoms with Crippen molar-refractivity contribution >= 4 is 11.8 Å². The zero-order valence-corrected chi connectivity index (χ0v) is 19.8. The highest BCUT2D eigenvalue weighted by Crippen LogP contribution is 2.21. The first-order chi connectivity index (χ1) is 16.3. The number of carbonyl (C=O) groups excluding carboxylic acids is 2. The van der Waals surface area contributed by atoms with Gasteiger partial charge in [-0.15, -0.1) is 5.10 Å². The number of carbonyl (C=O) groups is 2. The van der Waals surface area contributed by atoms with Gasteiger partial charge in [0.05, 0.1) is 11.4 Å². The highest BCUT2D eigenvalue weighted by atomic mass is 19.1. The van der Waals surface area contributed by atoms with Crippen molar-refractivity contribution in [3.05, 3.63) is 76.4 Å². The topological polar surface area (TPSA) is 80.1 Å². The molecule has 0 saturated carbocycles. The molecule has 0 atom stereocenters. The van der Waals surface area contributed by atoms with Crippen LogP contribution in [0.15, 0.2) is 42.5 Å². The van der Waals surface area contributed by atoms with E-state index in [1.165, 1.54) is 10.9 Å². The molecule has 1 aliphatic rings. The monoisotopic (exact) mass is 463 g/mol. The first kappa shape index (κ1) is 23.6. The number of nitrogens with zero attached hydrogens (tertiary/aromatic N) is 4. The van der Waals surface area contributed by atoms with Gasteiger partial charge in [-0.25, -0.2) is 4.39 Å². The molecule has 1 aliphatic heterocycles. The fourth-order valence-electron chi connectivity index (χ4n) is 4.37. The summed E-state index contributed by atoms with van der Waals surface area (Å²) in [7, 11) is 0. The smallest absolute Gasteiger partial charge is 0.276 e. The fraction of sp³-hybridized carbons (Fsp3) is 0.385. The lowest BCUT2D eigenvalue weighted by Crippen LogP contribution is -2.43. The third-order valence-corrected chi connectivity index (χ3v) is 6.36. The van der Waals surface area contributed by atoms with Crippen molar-refractivity contribution < 1.29 is 14.0 Å². The molecule has 2 aromatic carbocycles. The molecular formula is C26H30FN5O2. The molecule has 2 amide bonds. The first-order valence-electron chi connectivity index (χ1n) is 11.7. The molecule has 0 spiro atoms. The van der Waals surface area contributed by atoms with Gasteiger partial charge in [-0.2, -0.15) is 9.90 Å². The lowest BCUT2D eigenvalue weighted by molar-refractivity contribution is -0.126. The van der Waals surface area contributed by atoms with E-state index in [1.54, 1.807) is 30.0 Å². The van der Waals surface area contributed by atoms with Gasteiger partial charge in [0, 0.05) is 25.6 Å². The Hall–Kier alpha value is -3.55. The minimum atomic E-state index is -0.256. The van der Waals surface area contributed by atoms with Crippen LogP contribution in [0, 0.1) is 32.5 Å². The van der Waals surface area contributed by atoms with Crippen LogP contribution in [0.1, 0.15) is 45.7 Å². The summed E-state index contributed by atoms with van der Waals surface area (Å²) in [5.41, 5.74) is 4.55. The number of rotatable bonds is 6. The summed E-state index contributed by atoms with van der Waals surface area (Å²) in [5, 5.41) is 11.9. The van der Waals surface area contributed by atoms with Gasteiger partial charge in [-0.1, -0.05) is 35.9 Å². The summed E-state index contributed by atoms with van der Waals surface area (Å²) in [5.74, 6) is -0.614. The third-order valence-electron chi connectivity index (χ3n) is 6.36. The molecule has 1 N–H and O–H groups in total. The Balaban J connectivity index is 1.31. The number of nitrogens with one attached hydrogen (secondary N) is 1. The molecule has 34 heavy (non-hydrogen) atoms. The van der Waals surface area contributed by atoms with E-state index in [4.69, 9.17) is 0 Å². The van der Waals surface area contributed by atoms with Crippen LogP contribution in [0.3, 0.4) is 0 Å². The van der Waals surface area contributed by atoms with Crippen LogP contribution >= 0.6 is 0 Å². The van der Waals surface area contributed by atoms with Gasteiger partial charge >= 0.3 is 0 Å². The lowest BCUT2D eigenvalue weighted by Gasteiger charge is -2.31. The van der Waals surface area contributed by atoms with Crippen LogP contribution in [0.5, 0.6) is 0 Å². The molecular weight excluding hydrogens is 433 g/mol. The van der Waals surface area contributed by atoms with Crippen LogP contribution in [0.2, 0.25) is 0 Å². The van der Waals surface area contributed by atoms with Crippen LogP contribution in [-0.2, 0) is 11.2 Å². The van der Waals surface area contributed by atoms with Gasteiger partial charge < -0.3 is 10.2 Å². The van der Waals surface area contributed by atoms with Gasteiger partial charge in [0.1, 0.15) is 5.82 Å². The summed E-state index contributed by atoms with van der Waals surface area (Å²) in [6.07, 6.45) is 1.62. The van der Waals surface area contributed by atoms with Gasteiger partial charge in [-0.3, -0.25) is 9.59 Å². The largest absolute Gasteiger partial charge is 0.356 e. The summed E-state index contributed by atoms with van der Waals surface area (Å²) in [6, 6.07) is 12.6. The lowest BCUT2D eigenvalue weighted by atomic mass is 9.95. The fourth-order valence-corrected chi connectivity index (χ4v) is 4.37. The molecule has 2 heterocycles. The second kappa shape index (κ2) is 10.2. The van der Waals surface area contributed by atoms with Crippen molar-refractivity contribution in [3.63, 3.8) is 0 Å². The predicted molar refractivity (Wildman–Crippen MR) is 127 cm³/mol. The van der Waals surface area contributed by atoms with Crippen molar-refractivity contribution in [2.75, 3.05) is 19.6 Å². The maximum atomic E-state index is 13.7. The predicted octanol–water partition coefficient (Wildman–Crippen LogP) is 3.54. The molecule has 1 aromatic heterocycles. The average molecular weight is 464 g/mol. The van der Waals surface area contributed by atoms with Crippen molar-refractivity contribution in [1.29, 1.82) is 0 Å². The normalized spacial score (nSPS) is 14.3. The molecule has 0 unspecified atom stereocenters. The Morgan fingerprint density at radius 3 is 2.50 bits per heavy atom. The average Bonchev–Trinajstić information content (AvgIpc) is 3.21. The number of aromatic nitrogens is 3. The number of aryl methyl sites for hydroxylation is 3. The molecule has 0 radical (unpaired) electrons. The molecule has 0 aliphatic carbocycles. The SMILES string of the molecule is Cc1ccc(-n2nc(C)c(C(=O)N3CCC(C(=O)NCCc4ccccc4F)CC3)n2)c(C)c1. The van der Waals surface area contributed by atoms with Crippen molar-refractivity contribution in [3.8, 4) is 5.69 Å². The molecule has 8 heteroatoms. The van der Waals surface area contributed by atoms with E-state index in [2.05, 4.69) is 21.6 Å². The number of hydrogen-bond acceptors (Lipinski definition) is 4. The van der Waals surface area contributed by atoms with Gasteiger partial charge in [0.15, 0.2) is 5.69 Å². The number of likely N-dealkylation sites (tertiary alicyclic amines) is 1. The van der Waals surface area contributed by atoms with E-state index in [1.807, 2.05) is 26.0 Å². The second-order valence-electron chi connectivity index (χ2n) is 8.91. The number of halogens is 1. The standard InChI is InChI=1S/C26H30FN5O2/c1-17-8-9-23(18(2)16-17)32-29-19(3)24(30-32)26(34)31-14-11-21(12-15-31)25(33)28-13-10-20-6-4-5-7-22(20)27/h4-9,16,21H,10-15H2,1-3H3,(H,28,33). The Kier molecular flexibility index (Phi) is 7.05. The number of piperidine rings is 1. The van der Waals surface area contributed by atoms with Gasteiger partial charge in [0.2, 0.25) is 5.91 Å². The Morgan fingerprint density at radius 1 is 1.06 bits per heavy atom. The summed E-state index contributed by atoms with van der Waals surface area (Å²) >= 11 is 0. The Labute approximate surface area is 199 Å². The first-order valence-corrected chi connectivity index (χ1v) is 11.7. The molecule has 4 rings (SSSR count). The highest BCUT2D eigenvalue weighted by Gasteiger charge is 2.30. The minimum Gasteiger partial charge on any atom is -0.356 e. The summed E-state index contributed by atoms with van der Waals surface area (Å²) in [6.45, 7) is 7.17. The second-order valence-corrected chi connectivity index (χ2v) is 8.91. The van der Waals surface area contributed by atoms with Crippen molar-refractivity contribution in [2.45, 2.75) is 40.0 Å². The molecule has 3 aromatic rings. The van der Waals surface area contributed by atoms with Crippen LogP contribution in [0.25, 0.3) is 5.69 Å². The van der Waals surface area contributed by atoms with E-state index in [9.17, 15) is 14.0 Å². The summed E-state index contributed by atoms with van der Waals surface area (Å²) in [4.78, 5) is 28.9. The quantitative estimate of drug-likeness (QED) is 0.606. The summed E-state index contributed by atoms with van der Waals surface area (Å²) < 4.78 is 13.7. The maximum absolute atomic E-state index is 13.7. The van der Waals surface area contributed by atoms with E-state index in [-0.39, 0.29) is 23.5 Å². The molecule has 178 valence electrons. The van der Waals surface area contributed by atoms with Crippen LogP contribution in [0.4, 0.5) is 4.39 Å². The zero-order valence-electron chi connectivity index (χ0n) is 19.8. The van der Waals surface area contributed by atoms with E-state index in [0.29, 0.717) is 55.8 Å². The van der Waals surface area contributed by atoms with Crippen LogP contribution in [-0.4, -0.2) is 51.3 Å². The molecule has 7 nitrogen and oxygen atoms in total. The Bertz CT molecular complexity index is 1200. The number of benzene rings is 2.